The Morgan fingerprint density at radius 1 is 1.06 bits per heavy atom. The van der Waals surface area contributed by atoms with Crippen LogP contribution in [0, 0.1) is 0 Å². The van der Waals surface area contributed by atoms with Crippen LogP contribution in [0.1, 0.15) is 15.6 Å². The molecule has 84 valence electrons. The third kappa shape index (κ3) is 3.12. The van der Waals surface area contributed by atoms with Gasteiger partial charge in [-0.1, -0.05) is 30.3 Å². The van der Waals surface area contributed by atoms with Gasteiger partial charge in [0.05, 0.1) is 0 Å². The molecule has 3 nitrogen and oxygen atoms in total. The topological polar surface area (TPSA) is 37.8 Å². The highest BCUT2D eigenvalue weighted by atomic mass is 32.1. The van der Waals surface area contributed by atoms with E-state index >= 15 is 0 Å². The molecule has 0 amide bonds. The van der Waals surface area contributed by atoms with Crippen molar-refractivity contribution in [2.24, 2.45) is 0 Å². The summed E-state index contributed by atoms with van der Waals surface area (Å²) in [4.78, 5) is 0. The number of hydrogen-bond donors (Lipinski definition) is 1. The third-order valence-corrected chi connectivity index (χ3v) is 3.29. The average Bonchev–Trinajstić information content (AvgIpc) is 2.76. The normalized spacial score (nSPS) is 10.6. The molecular formula is C12H15N3S. The van der Waals surface area contributed by atoms with E-state index < -0.39 is 0 Å². The molecule has 16 heavy (non-hydrogen) atoms. The minimum Gasteiger partial charge on any atom is -0.313 e. The van der Waals surface area contributed by atoms with Gasteiger partial charge in [-0.05, 0) is 19.0 Å². The van der Waals surface area contributed by atoms with Crippen LogP contribution in [0.2, 0.25) is 0 Å². The van der Waals surface area contributed by atoms with Gasteiger partial charge in [-0.3, -0.25) is 0 Å². The third-order valence-electron chi connectivity index (χ3n) is 2.31. The SMILES string of the molecule is CNCc1nnc(CCc2ccccc2)s1. The Kier molecular flexibility index (Phi) is 4.02. The van der Waals surface area contributed by atoms with Crippen LogP contribution in [0.15, 0.2) is 30.3 Å². The fourth-order valence-corrected chi connectivity index (χ4v) is 2.36. The Labute approximate surface area is 99.5 Å². The van der Waals surface area contributed by atoms with E-state index in [0.29, 0.717) is 0 Å². The molecule has 0 radical (unpaired) electrons. The van der Waals surface area contributed by atoms with E-state index in [1.807, 2.05) is 13.1 Å². The summed E-state index contributed by atoms with van der Waals surface area (Å²) in [5.41, 5.74) is 1.35. The molecular weight excluding hydrogens is 218 g/mol. The molecule has 4 heteroatoms. The van der Waals surface area contributed by atoms with Gasteiger partial charge in [-0.2, -0.15) is 0 Å². The average molecular weight is 233 g/mol. The first-order valence-corrected chi connectivity index (χ1v) is 6.20. The summed E-state index contributed by atoms with van der Waals surface area (Å²) in [5, 5.41) is 13.6. The van der Waals surface area contributed by atoms with Crippen molar-refractivity contribution in [3.63, 3.8) is 0 Å². The smallest absolute Gasteiger partial charge is 0.131 e. The van der Waals surface area contributed by atoms with Crippen LogP contribution in [0.3, 0.4) is 0 Å². The minimum absolute atomic E-state index is 0.809. The molecule has 1 N–H and O–H groups in total. The number of aryl methyl sites for hydroxylation is 2. The van der Waals surface area contributed by atoms with Gasteiger partial charge < -0.3 is 5.32 Å². The van der Waals surface area contributed by atoms with Gasteiger partial charge in [-0.15, -0.1) is 21.5 Å². The molecule has 0 saturated heterocycles. The first-order valence-electron chi connectivity index (χ1n) is 5.38. The number of aromatic nitrogens is 2. The largest absolute Gasteiger partial charge is 0.313 e. The zero-order valence-electron chi connectivity index (χ0n) is 9.31. The molecule has 0 spiro atoms. The van der Waals surface area contributed by atoms with E-state index in [-0.39, 0.29) is 0 Å². The van der Waals surface area contributed by atoms with Crippen LogP contribution in [0.25, 0.3) is 0 Å². The van der Waals surface area contributed by atoms with Gasteiger partial charge in [0.1, 0.15) is 10.0 Å². The lowest BCUT2D eigenvalue weighted by atomic mass is 10.1. The van der Waals surface area contributed by atoms with Crippen LogP contribution < -0.4 is 5.32 Å². The molecule has 0 saturated carbocycles. The van der Waals surface area contributed by atoms with Crippen molar-refractivity contribution in [2.75, 3.05) is 7.05 Å². The fourth-order valence-electron chi connectivity index (χ4n) is 1.51. The first-order chi connectivity index (χ1) is 7.88. The lowest BCUT2D eigenvalue weighted by Crippen LogP contribution is -2.04. The number of benzene rings is 1. The van der Waals surface area contributed by atoms with Crippen molar-refractivity contribution in [2.45, 2.75) is 19.4 Å². The summed E-state index contributed by atoms with van der Waals surface area (Å²) >= 11 is 1.69. The maximum Gasteiger partial charge on any atom is 0.131 e. The number of nitrogens with one attached hydrogen (secondary N) is 1. The van der Waals surface area contributed by atoms with Gasteiger partial charge in [0, 0.05) is 13.0 Å². The summed E-state index contributed by atoms with van der Waals surface area (Å²) in [6.07, 6.45) is 2.01. The Bertz CT molecular complexity index is 425. The highest BCUT2D eigenvalue weighted by molar-refractivity contribution is 7.11. The van der Waals surface area contributed by atoms with Crippen molar-refractivity contribution < 1.29 is 0 Å². The number of nitrogens with zero attached hydrogens (tertiary/aromatic N) is 2. The van der Waals surface area contributed by atoms with Crippen LogP contribution in [-0.2, 0) is 19.4 Å². The van der Waals surface area contributed by atoms with Gasteiger partial charge in [0.25, 0.3) is 0 Å². The molecule has 0 aliphatic heterocycles. The Hall–Kier alpha value is -1.26. The van der Waals surface area contributed by atoms with Crippen molar-refractivity contribution in [1.82, 2.24) is 15.5 Å². The molecule has 0 unspecified atom stereocenters. The second kappa shape index (κ2) is 5.72. The molecule has 0 bridgehead atoms. The van der Waals surface area contributed by atoms with E-state index in [2.05, 4.69) is 39.8 Å². The maximum atomic E-state index is 4.18. The maximum absolute atomic E-state index is 4.18. The summed E-state index contributed by atoms with van der Waals surface area (Å²) in [7, 11) is 1.92. The van der Waals surface area contributed by atoms with E-state index in [0.717, 1.165) is 29.4 Å². The predicted octanol–water partition coefficient (Wildman–Crippen LogP) is 2.04. The molecule has 0 fully saturated rings. The van der Waals surface area contributed by atoms with Crippen molar-refractivity contribution in [3.8, 4) is 0 Å². The van der Waals surface area contributed by atoms with Crippen LogP contribution in [0.5, 0.6) is 0 Å². The first kappa shape index (κ1) is 11.2. The fraction of sp³-hybridized carbons (Fsp3) is 0.333. The monoisotopic (exact) mass is 233 g/mol. The Morgan fingerprint density at radius 3 is 2.56 bits per heavy atom. The summed E-state index contributed by atoms with van der Waals surface area (Å²) in [5.74, 6) is 0. The van der Waals surface area contributed by atoms with Crippen LogP contribution in [-0.4, -0.2) is 17.2 Å². The van der Waals surface area contributed by atoms with Gasteiger partial charge in [0.15, 0.2) is 0 Å². The number of rotatable bonds is 5. The molecule has 1 aromatic heterocycles. The Balaban J connectivity index is 1.89. The lowest BCUT2D eigenvalue weighted by molar-refractivity contribution is 0.789. The van der Waals surface area contributed by atoms with Gasteiger partial charge in [0.2, 0.25) is 0 Å². The molecule has 2 aromatic rings. The van der Waals surface area contributed by atoms with E-state index in [1.165, 1.54) is 5.56 Å². The van der Waals surface area contributed by atoms with Crippen molar-refractivity contribution in [3.05, 3.63) is 45.9 Å². The van der Waals surface area contributed by atoms with Crippen molar-refractivity contribution >= 4 is 11.3 Å². The van der Waals surface area contributed by atoms with E-state index in [9.17, 15) is 0 Å². The van der Waals surface area contributed by atoms with Gasteiger partial charge in [-0.25, -0.2) is 0 Å². The second-order valence-corrected chi connectivity index (χ2v) is 4.75. The standard InChI is InChI=1S/C12H15N3S/c1-13-9-12-15-14-11(16-12)8-7-10-5-3-2-4-6-10/h2-6,13H,7-9H2,1H3. The van der Waals surface area contributed by atoms with Crippen LogP contribution in [0.4, 0.5) is 0 Å². The van der Waals surface area contributed by atoms with Crippen LogP contribution >= 0.6 is 11.3 Å². The molecule has 1 aromatic carbocycles. The summed E-state index contributed by atoms with van der Waals surface area (Å²) in [6, 6.07) is 10.5. The van der Waals surface area contributed by atoms with Gasteiger partial charge >= 0.3 is 0 Å². The lowest BCUT2D eigenvalue weighted by Gasteiger charge is -1.96. The molecule has 2 rings (SSSR count). The predicted molar refractivity (Wildman–Crippen MR) is 66.5 cm³/mol. The number of hydrogen-bond acceptors (Lipinski definition) is 4. The van der Waals surface area contributed by atoms with E-state index in [1.54, 1.807) is 11.3 Å². The zero-order valence-corrected chi connectivity index (χ0v) is 10.1. The summed E-state index contributed by atoms with van der Waals surface area (Å²) in [6.45, 7) is 0.809. The highest BCUT2D eigenvalue weighted by Crippen LogP contribution is 2.12. The Morgan fingerprint density at radius 2 is 1.81 bits per heavy atom. The molecule has 0 atom stereocenters. The second-order valence-electron chi connectivity index (χ2n) is 3.61. The molecule has 1 heterocycles. The summed E-state index contributed by atoms with van der Waals surface area (Å²) < 4.78 is 0. The molecule has 0 aliphatic rings. The quantitative estimate of drug-likeness (QED) is 0.859. The minimum atomic E-state index is 0.809. The van der Waals surface area contributed by atoms with E-state index in [4.69, 9.17) is 0 Å². The van der Waals surface area contributed by atoms with Crippen molar-refractivity contribution in [1.29, 1.82) is 0 Å². The highest BCUT2D eigenvalue weighted by Gasteiger charge is 2.03. The zero-order chi connectivity index (χ0) is 11.2. The molecule has 0 aliphatic carbocycles.